The van der Waals surface area contributed by atoms with E-state index in [-0.39, 0.29) is 11.4 Å². The molecule has 0 heterocycles. The lowest BCUT2D eigenvalue weighted by Gasteiger charge is -2.12. The van der Waals surface area contributed by atoms with Gasteiger partial charge >= 0.3 is 6.03 Å². The quantitative estimate of drug-likeness (QED) is 0.559. The molecule has 1 rings (SSSR count). The number of nitrogens with one attached hydrogen (secondary N) is 2. The van der Waals surface area contributed by atoms with E-state index in [2.05, 4.69) is 10.6 Å². The summed E-state index contributed by atoms with van der Waals surface area (Å²) in [6, 6.07) is 2.17. The molecule has 5 N–H and O–H groups in total. The Hall–Kier alpha value is -2.11. The van der Waals surface area contributed by atoms with Crippen molar-refractivity contribution in [1.29, 1.82) is 0 Å². The fraction of sp³-hybridized carbons (Fsp3) is 0.222. The van der Waals surface area contributed by atoms with E-state index >= 15 is 0 Å². The third kappa shape index (κ3) is 2.43. The standard InChI is InChI=1S/C9H13N3O3/c1-11-6-3-7(13)5(12-9(10)14)4-8(6)15-2/h3-4,11,13H,1-2H3,(H3,10,12,14). The van der Waals surface area contributed by atoms with Crippen LogP contribution in [0.5, 0.6) is 11.5 Å². The molecular formula is C9H13N3O3. The second kappa shape index (κ2) is 4.41. The highest BCUT2D eigenvalue weighted by molar-refractivity contribution is 5.90. The maximum atomic E-state index is 10.6. The summed E-state index contributed by atoms with van der Waals surface area (Å²) in [6.45, 7) is 0. The number of aromatic hydroxyl groups is 1. The van der Waals surface area contributed by atoms with Crippen LogP contribution in [0.25, 0.3) is 0 Å². The van der Waals surface area contributed by atoms with Crippen molar-refractivity contribution >= 4 is 17.4 Å². The highest BCUT2D eigenvalue weighted by Crippen LogP contribution is 2.35. The van der Waals surface area contributed by atoms with Crippen LogP contribution in [0.1, 0.15) is 0 Å². The van der Waals surface area contributed by atoms with Crippen molar-refractivity contribution in [3.05, 3.63) is 12.1 Å². The van der Waals surface area contributed by atoms with Gasteiger partial charge in [-0.15, -0.1) is 0 Å². The minimum atomic E-state index is -0.746. The molecule has 0 bridgehead atoms. The van der Waals surface area contributed by atoms with Crippen LogP contribution in [-0.4, -0.2) is 25.3 Å². The van der Waals surface area contributed by atoms with Gasteiger partial charge in [-0.25, -0.2) is 4.79 Å². The summed E-state index contributed by atoms with van der Waals surface area (Å²) in [5.74, 6) is 0.415. The van der Waals surface area contributed by atoms with E-state index in [9.17, 15) is 9.90 Å². The van der Waals surface area contributed by atoms with Crippen LogP contribution < -0.4 is 21.1 Å². The molecule has 1 aromatic rings. The van der Waals surface area contributed by atoms with Gasteiger partial charge in [0.1, 0.15) is 11.5 Å². The Morgan fingerprint density at radius 1 is 1.47 bits per heavy atom. The minimum Gasteiger partial charge on any atom is -0.506 e. The van der Waals surface area contributed by atoms with Crippen LogP contribution in [0.2, 0.25) is 0 Å². The first-order chi connectivity index (χ1) is 7.08. The summed E-state index contributed by atoms with van der Waals surface area (Å²) >= 11 is 0. The molecule has 0 fully saturated rings. The number of rotatable bonds is 3. The van der Waals surface area contributed by atoms with Gasteiger partial charge < -0.3 is 26.2 Å². The van der Waals surface area contributed by atoms with E-state index in [1.807, 2.05) is 0 Å². The summed E-state index contributed by atoms with van der Waals surface area (Å²) in [6.07, 6.45) is 0. The first kappa shape index (κ1) is 11.0. The van der Waals surface area contributed by atoms with Gasteiger partial charge in [0.2, 0.25) is 0 Å². The van der Waals surface area contributed by atoms with Gasteiger partial charge in [-0.05, 0) is 0 Å². The third-order valence-corrected chi connectivity index (χ3v) is 1.85. The molecule has 0 aliphatic carbocycles. The number of hydrogen-bond acceptors (Lipinski definition) is 4. The molecule has 0 aromatic heterocycles. The normalized spacial score (nSPS) is 9.47. The Kier molecular flexibility index (Phi) is 3.22. The van der Waals surface area contributed by atoms with Gasteiger partial charge in [0, 0.05) is 19.2 Å². The monoisotopic (exact) mass is 211 g/mol. The average molecular weight is 211 g/mol. The Morgan fingerprint density at radius 3 is 2.60 bits per heavy atom. The van der Waals surface area contributed by atoms with Gasteiger partial charge in [-0.3, -0.25) is 0 Å². The number of ether oxygens (including phenoxy) is 1. The van der Waals surface area contributed by atoms with Crippen molar-refractivity contribution in [2.75, 3.05) is 24.8 Å². The maximum absolute atomic E-state index is 10.6. The van der Waals surface area contributed by atoms with Crippen molar-refractivity contribution in [2.45, 2.75) is 0 Å². The van der Waals surface area contributed by atoms with Gasteiger partial charge in [0.15, 0.2) is 0 Å². The van der Waals surface area contributed by atoms with Gasteiger partial charge in [-0.1, -0.05) is 0 Å². The number of phenols is 1. The third-order valence-electron chi connectivity index (χ3n) is 1.85. The number of nitrogens with two attached hydrogens (primary N) is 1. The Balaban J connectivity index is 3.13. The highest BCUT2D eigenvalue weighted by Gasteiger charge is 2.09. The molecule has 15 heavy (non-hydrogen) atoms. The number of carbonyl (C=O) groups is 1. The Bertz CT molecular complexity index is 379. The van der Waals surface area contributed by atoms with Gasteiger partial charge in [-0.2, -0.15) is 0 Å². The molecule has 82 valence electrons. The maximum Gasteiger partial charge on any atom is 0.316 e. The zero-order chi connectivity index (χ0) is 11.4. The summed E-state index contributed by atoms with van der Waals surface area (Å²) in [5.41, 5.74) is 5.76. The fourth-order valence-corrected chi connectivity index (χ4v) is 1.17. The van der Waals surface area contributed by atoms with Crippen LogP contribution in [-0.2, 0) is 0 Å². The van der Waals surface area contributed by atoms with Crippen molar-refractivity contribution in [1.82, 2.24) is 0 Å². The van der Waals surface area contributed by atoms with Crippen LogP contribution in [0.15, 0.2) is 12.1 Å². The van der Waals surface area contributed by atoms with Crippen LogP contribution >= 0.6 is 0 Å². The topological polar surface area (TPSA) is 96.6 Å². The van der Waals surface area contributed by atoms with E-state index < -0.39 is 6.03 Å². The van der Waals surface area contributed by atoms with Gasteiger partial charge in [0.25, 0.3) is 0 Å². The van der Waals surface area contributed by atoms with Crippen LogP contribution in [0.3, 0.4) is 0 Å². The van der Waals surface area contributed by atoms with Crippen molar-refractivity contribution in [3.8, 4) is 11.5 Å². The molecule has 0 saturated heterocycles. The molecule has 0 spiro atoms. The number of phenolic OH excluding ortho intramolecular Hbond substituents is 1. The lowest BCUT2D eigenvalue weighted by Crippen LogP contribution is -2.19. The van der Waals surface area contributed by atoms with Gasteiger partial charge in [0.05, 0.1) is 18.5 Å². The largest absolute Gasteiger partial charge is 0.506 e. The van der Waals surface area contributed by atoms with E-state index in [1.54, 1.807) is 7.05 Å². The first-order valence-electron chi connectivity index (χ1n) is 4.23. The highest BCUT2D eigenvalue weighted by atomic mass is 16.5. The molecule has 2 amide bonds. The predicted molar refractivity (Wildman–Crippen MR) is 57.4 cm³/mol. The second-order valence-electron chi connectivity index (χ2n) is 2.81. The number of anilines is 2. The minimum absolute atomic E-state index is 0.0843. The summed E-state index contributed by atoms with van der Waals surface area (Å²) in [7, 11) is 3.18. The molecule has 6 nitrogen and oxygen atoms in total. The first-order valence-corrected chi connectivity index (χ1v) is 4.23. The molecule has 0 saturated carbocycles. The second-order valence-corrected chi connectivity index (χ2v) is 2.81. The molecule has 0 unspecified atom stereocenters. The molecular weight excluding hydrogens is 198 g/mol. The number of urea groups is 1. The number of benzene rings is 1. The number of carbonyl (C=O) groups excluding carboxylic acids is 1. The summed E-state index contributed by atoms with van der Waals surface area (Å²) in [4.78, 5) is 10.6. The van der Waals surface area contributed by atoms with E-state index in [0.717, 1.165) is 0 Å². The SMILES string of the molecule is CNc1cc(O)c(NC(N)=O)cc1OC. The number of methoxy groups -OCH3 is 1. The van der Waals surface area contributed by atoms with Crippen molar-refractivity contribution < 1.29 is 14.6 Å². The van der Waals surface area contributed by atoms with E-state index in [4.69, 9.17) is 10.5 Å². The molecule has 6 heteroatoms. The Labute approximate surface area is 87.0 Å². The lowest BCUT2D eigenvalue weighted by molar-refractivity contribution is 0.259. The fourth-order valence-electron chi connectivity index (χ4n) is 1.17. The zero-order valence-corrected chi connectivity index (χ0v) is 8.50. The summed E-state index contributed by atoms with van der Waals surface area (Å²) in [5, 5.41) is 14.6. The van der Waals surface area contributed by atoms with E-state index in [0.29, 0.717) is 11.4 Å². The Morgan fingerprint density at radius 2 is 2.13 bits per heavy atom. The molecule has 0 radical (unpaired) electrons. The van der Waals surface area contributed by atoms with Crippen molar-refractivity contribution in [2.24, 2.45) is 5.73 Å². The average Bonchev–Trinajstić information content (AvgIpc) is 2.19. The number of amides is 2. The molecule has 1 aromatic carbocycles. The van der Waals surface area contributed by atoms with E-state index in [1.165, 1.54) is 19.2 Å². The molecule has 0 aliphatic rings. The number of hydrogen-bond donors (Lipinski definition) is 4. The van der Waals surface area contributed by atoms with Crippen LogP contribution in [0.4, 0.5) is 16.2 Å². The predicted octanol–water partition coefficient (Wildman–Crippen LogP) is 0.933. The molecule has 0 aliphatic heterocycles. The van der Waals surface area contributed by atoms with Crippen LogP contribution in [0, 0.1) is 0 Å². The lowest BCUT2D eigenvalue weighted by atomic mass is 10.2. The summed E-state index contributed by atoms with van der Waals surface area (Å²) < 4.78 is 5.05. The number of primary amides is 1. The smallest absolute Gasteiger partial charge is 0.316 e. The van der Waals surface area contributed by atoms with Crippen molar-refractivity contribution in [3.63, 3.8) is 0 Å². The molecule has 0 atom stereocenters. The zero-order valence-electron chi connectivity index (χ0n) is 8.50.